The Morgan fingerprint density at radius 1 is 0.766 bits per heavy atom. The molecule has 4 aromatic rings. The van der Waals surface area contributed by atoms with Gasteiger partial charge in [0.15, 0.2) is 11.5 Å². The van der Waals surface area contributed by atoms with Crippen LogP contribution < -0.4 is 20.1 Å². The molecule has 0 saturated carbocycles. The Bertz CT molecular complexity index is 1800. The Hall–Kier alpha value is -4.71. The predicted molar refractivity (Wildman–Crippen MR) is 182 cm³/mol. The number of benzene rings is 4. The SMILES string of the molecule is COc1ccc(CCNC(=O)c2ccccc2NC(=O)c2ccc(CN3CCN(S(=O)(=O)c4ccc(C)cc4)CC3)cc2)cc1OC. The van der Waals surface area contributed by atoms with E-state index in [-0.39, 0.29) is 11.8 Å². The molecule has 2 N–H and O–H groups in total. The number of hydrogen-bond donors (Lipinski definition) is 2. The third kappa shape index (κ3) is 8.37. The quantitative estimate of drug-likeness (QED) is 0.226. The zero-order valence-electron chi connectivity index (χ0n) is 26.9. The van der Waals surface area contributed by atoms with E-state index in [1.54, 1.807) is 62.8 Å². The number of aryl methyl sites for hydroxylation is 1. The van der Waals surface area contributed by atoms with Gasteiger partial charge in [-0.1, -0.05) is 48.0 Å². The maximum Gasteiger partial charge on any atom is 0.255 e. The normalized spacial score (nSPS) is 13.9. The third-order valence-corrected chi connectivity index (χ3v) is 10.1. The number of anilines is 1. The lowest BCUT2D eigenvalue weighted by Gasteiger charge is -2.34. The van der Waals surface area contributed by atoms with Gasteiger partial charge >= 0.3 is 0 Å². The van der Waals surface area contributed by atoms with Crippen LogP contribution in [0.5, 0.6) is 11.5 Å². The van der Waals surface area contributed by atoms with Gasteiger partial charge in [-0.15, -0.1) is 0 Å². The number of hydrogen-bond acceptors (Lipinski definition) is 7. The van der Waals surface area contributed by atoms with E-state index in [9.17, 15) is 18.0 Å². The number of piperazine rings is 1. The van der Waals surface area contributed by atoms with Gasteiger partial charge in [0.25, 0.3) is 11.8 Å². The molecule has 246 valence electrons. The molecule has 1 aliphatic rings. The van der Waals surface area contributed by atoms with E-state index in [0.717, 1.165) is 16.7 Å². The lowest BCUT2D eigenvalue weighted by molar-refractivity contribution is 0.0955. The van der Waals surface area contributed by atoms with Crippen molar-refractivity contribution < 1.29 is 27.5 Å². The van der Waals surface area contributed by atoms with Crippen LogP contribution in [0.1, 0.15) is 37.4 Å². The fourth-order valence-corrected chi connectivity index (χ4v) is 6.87. The van der Waals surface area contributed by atoms with Crippen molar-refractivity contribution in [2.75, 3.05) is 52.3 Å². The minimum absolute atomic E-state index is 0.288. The number of nitrogens with one attached hydrogen (secondary N) is 2. The zero-order chi connectivity index (χ0) is 33.4. The molecule has 0 aromatic heterocycles. The molecule has 2 amide bonds. The summed E-state index contributed by atoms with van der Waals surface area (Å²) in [6.07, 6.45) is 0.592. The monoisotopic (exact) mass is 656 g/mol. The van der Waals surface area contributed by atoms with Gasteiger partial charge < -0.3 is 20.1 Å². The number of ether oxygens (including phenoxy) is 2. The van der Waals surface area contributed by atoms with E-state index in [0.29, 0.717) is 78.9 Å². The number of carbonyl (C=O) groups excluding carboxylic acids is 2. The molecule has 1 aliphatic heterocycles. The smallest absolute Gasteiger partial charge is 0.255 e. The molecule has 11 heteroatoms. The van der Waals surface area contributed by atoms with Gasteiger partial charge in [-0.05, 0) is 73.0 Å². The summed E-state index contributed by atoms with van der Waals surface area (Å²) in [6.45, 7) is 5.03. The first kappa shape index (κ1) is 33.6. The Morgan fingerprint density at radius 3 is 2.11 bits per heavy atom. The van der Waals surface area contributed by atoms with Gasteiger partial charge in [0.1, 0.15) is 0 Å². The van der Waals surface area contributed by atoms with Crippen molar-refractivity contribution in [2.45, 2.75) is 24.8 Å². The second-order valence-corrected chi connectivity index (χ2v) is 13.3. The molecule has 0 radical (unpaired) electrons. The molecule has 4 aromatic carbocycles. The summed E-state index contributed by atoms with van der Waals surface area (Å²) in [5.41, 5.74) is 4.28. The van der Waals surface area contributed by atoms with Gasteiger partial charge in [0.2, 0.25) is 10.0 Å². The van der Waals surface area contributed by atoms with Gasteiger partial charge in [-0.3, -0.25) is 14.5 Å². The molecule has 0 spiro atoms. The van der Waals surface area contributed by atoms with E-state index < -0.39 is 10.0 Å². The highest BCUT2D eigenvalue weighted by Gasteiger charge is 2.28. The van der Waals surface area contributed by atoms with Crippen molar-refractivity contribution in [1.82, 2.24) is 14.5 Å². The van der Waals surface area contributed by atoms with Crippen LogP contribution in [0.4, 0.5) is 5.69 Å². The molecule has 0 aliphatic carbocycles. The second-order valence-electron chi connectivity index (χ2n) is 11.4. The minimum atomic E-state index is -3.52. The van der Waals surface area contributed by atoms with Crippen LogP contribution in [0.3, 0.4) is 0 Å². The van der Waals surface area contributed by atoms with Crippen LogP contribution in [0.15, 0.2) is 95.9 Å². The molecule has 1 saturated heterocycles. The van der Waals surface area contributed by atoms with Gasteiger partial charge in [0.05, 0.1) is 30.4 Å². The number of carbonyl (C=O) groups is 2. The summed E-state index contributed by atoms with van der Waals surface area (Å²) >= 11 is 0. The lowest BCUT2D eigenvalue weighted by Crippen LogP contribution is -2.48. The van der Waals surface area contributed by atoms with E-state index in [1.165, 1.54) is 4.31 Å². The second kappa shape index (κ2) is 15.3. The van der Waals surface area contributed by atoms with Crippen LogP contribution >= 0.6 is 0 Å². The molecule has 0 unspecified atom stereocenters. The van der Waals surface area contributed by atoms with E-state index in [1.807, 2.05) is 49.4 Å². The number of amides is 2. The Balaban J connectivity index is 1.12. The highest BCUT2D eigenvalue weighted by Crippen LogP contribution is 2.27. The maximum atomic E-state index is 13.1. The minimum Gasteiger partial charge on any atom is -0.493 e. The first-order valence-corrected chi connectivity index (χ1v) is 16.9. The Labute approximate surface area is 276 Å². The summed E-state index contributed by atoms with van der Waals surface area (Å²) in [4.78, 5) is 28.7. The summed E-state index contributed by atoms with van der Waals surface area (Å²) in [6, 6.07) is 26.8. The fourth-order valence-electron chi connectivity index (χ4n) is 5.44. The van der Waals surface area contributed by atoms with Gasteiger partial charge in [-0.2, -0.15) is 4.31 Å². The van der Waals surface area contributed by atoms with Gasteiger partial charge in [-0.25, -0.2) is 8.42 Å². The number of nitrogens with zero attached hydrogens (tertiary/aromatic N) is 2. The molecular formula is C36H40N4O6S. The summed E-state index contributed by atoms with van der Waals surface area (Å²) in [5, 5.41) is 5.81. The number of sulfonamides is 1. The summed E-state index contributed by atoms with van der Waals surface area (Å²) in [7, 11) is -0.353. The van der Waals surface area contributed by atoms with Crippen LogP contribution in [0, 0.1) is 6.92 Å². The predicted octanol–water partition coefficient (Wildman–Crippen LogP) is 4.74. The van der Waals surface area contributed by atoms with Crippen molar-refractivity contribution in [3.8, 4) is 11.5 Å². The van der Waals surface area contributed by atoms with Crippen LogP contribution in [0.2, 0.25) is 0 Å². The average Bonchev–Trinajstić information content (AvgIpc) is 3.09. The van der Waals surface area contributed by atoms with Crippen molar-refractivity contribution >= 4 is 27.5 Å². The van der Waals surface area contributed by atoms with Crippen LogP contribution in [0.25, 0.3) is 0 Å². The van der Waals surface area contributed by atoms with Crippen molar-refractivity contribution in [3.05, 3.63) is 119 Å². The third-order valence-electron chi connectivity index (χ3n) is 8.18. The van der Waals surface area contributed by atoms with E-state index in [2.05, 4.69) is 15.5 Å². The van der Waals surface area contributed by atoms with Crippen molar-refractivity contribution in [1.29, 1.82) is 0 Å². The molecule has 1 fully saturated rings. The van der Waals surface area contributed by atoms with E-state index in [4.69, 9.17) is 9.47 Å². The summed E-state index contributed by atoms with van der Waals surface area (Å²) < 4.78 is 38.2. The molecule has 5 rings (SSSR count). The fraction of sp³-hybridized carbons (Fsp3) is 0.278. The summed E-state index contributed by atoms with van der Waals surface area (Å²) in [5.74, 6) is 0.658. The van der Waals surface area contributed by atoms with Crippen molar-refractivity contribution in [2.24, 2.45) is 0 Å². The Kier molecular flexibility index (Phi) is 10.9. The van der Waals surface area contributed by atoms with Crippen LogP contribution in [-0.2, 0) is 23.0 Å². The first-order valence-electron chi connectivity index (χ1n) is 15.5. The number of para-hydroxylation sites is 1. The highest BCUT2D eigenvalue weighted by molar-refractivity contribution is 7.89. The first-order chi connectivity index (χ1) is 22.7. The standard InChI is InChI=1S/C36H40N4O6S/c1-26-8-15-30(16-9-26)47(43,44)40-22-20-39(21-23-40)25-28-10-13-29(14-11-28)35(41)38-32-7-5-4-6-31(32)36(42)37-19-18-27-12-17-33(45-2)34(24-27)46-3/h4-17,24H,18-23,25H2,1-3H3,(H,37,42)(H,38,41). The molecule has 10 nitrogen and oxygen atoms in total. The van der Waals surface area contributed by atoms with E-state index >= 15 is 0 Å². The van der Waals surface area contributed by atoms with Crippen molar-refractivity contribution in [3.63, 3.8) is 0 Å². The largest absolute Gasteiger partial charge is 0.493 e. The molecule has 0 atom stereocenters. The zero-order valence-corrected chi connectivity index (χ0v) is 27.7. The molecule has 0 bridgehead atoms. The topological polar surface area (TPSA) is 117 Å². The maximum absolute atomic E-state index is 13.1. The highest BCUT2D eigenvalue weighted by atomic mass is 32.2. The molecule has 47 heavy (non-hydrogen) atoms. The van der Waals surface area contributed by atoms with Gasteiger partial charge in [0, 0.05) is 44.8 Å². The average molecular weight is 657 g/mol. The number of methoxy groups -OCH3 is 2. The number of rotatable bonds is 12. The Morgan fingerprint density at radius 2 is 1.43 bits per heavy atom. The molecular weight excluding hydrogens is 616 g/mol. The van der Waals surface area contributed by atoms with Crippen LogP contribution in [-0.4, -0.2) is 76.4 Å². The lowest BCUT2D eigenvalue weighted by atomic mass is 10.1. The molecule has 1 heterocycles.